The second kappa shape index (κ2) is 4.60. The molecule has 0 bridgehead atoms. The molecule has 8 heteroatoms. The van der Waals surface area contributed by atoms with E-state index in [0.717, 1.165) is 10.6 Å². The van der Waals surface area contributed by atoms with Gasteiger partial charge in [-0.3, -0.25) is 4.57 Å². The molecule has 2 aromatic heterocycles. The van der Waals surface area contributed by atoms with Gasteiger partial charge in [-0.15, -0.1) is 0 Å². The molecule has 2 aromatic rings. The highest BCUT2D eigenvalue weighted by molar-refractivity contribution is 6.30. The Morgan fingerprint density at radius 2 is 2.25 bits per heavy atom. The fourth-order valence-electron chi connectivity index (χ4n) is 2.37. The van der Waals surface area contributed by atoms with Crippen molar-refractivity contribution in [2.75, 3.05) is 0 Å². The van der Waals surface area contributed by atoms with Crippen molar-refractivity contribution in [3.05, 3.63) is 39.3 Å². The van der Waals surface area contributed by atoms with Crippen LogP contribution in [-0.2, 0) is 13.0 Å². The Bertz CT molecular complexity index is 740. The Morgan fingerprint density at radius 1 is 1.50 bits per heavy atom. The number of aromatic hydroxyl groups is 1. The zero-order valence-electron chi connectivity index (χ0n) is 10.3. The standard InChI is InChI=1S/C12H11ClFN3O3/c13-6-3-8(14)10(15-5-6)17-11(19)9-4-7(18)1-2-16(9)12(17)20/h3,5,7,18-19H,1-2,4H2. The van der Waals surface area contributed by atoms with E-state index in [1.54, 1.807) is 0 Å². The number of rotatable bonds is 1. The third-order valence-corrected chi connectivity index (χ3v) is 3.54. The van der Waals surface area contributed by atoms with E-state index in [9.17, 15) is 19.4 Å². The summed E-state index contributed by atoms with van der Waals surface area (Å²) < 4.78 is 16.0. The topological polar surface area (TPSA) is 80.3 Å². The Labute approximate surface area is 117 Å². The zero-order valence-corrected chi connectivity index (χ0v) is 11.0. The van der Waals surface area contributed by atoms with Crippen LogP contribution in [0.4, 0.5) is 4.39 Å². The Kier molecular flexibility index (Phi) is 3.02. The van der Waals surface area contributed by atoms with E-state index in [4.69, 9.17) is 11.6 Å². The van der Waals surface area contributed by atoms with Crippen molar-refractivity contribution in [1.82, 2.24) is 14.1 Å². The van der Waals surface area contributed by atoms with E-state index in [1.807, 2.05) is 0 Å². The first-order chi connectivity index (χ1) is 9.49. The summed E-state index contributed by atoms with van der Waals surface area (Å²) in [5.41, 5.74) is -0.303. The quantitative estimate of drug-likeness (QED) is 0.818. The maximum Gasteiger partial charge on any atom is 0.337 e. The number of halogens is 2. The van der Waals surface area contributed by atoms with Crippen molar-refractivity contribution >= 4 is 11.6 Å². The van der Waals surface area contributed by atoms with Crippen molar-refractivity contribution in [1.29, 1.82) is 0 Å². The smallest absolute Gasteiger partial charge is 0.337 e. The first-order valence-electron chi connectivity index (χ1n) is 6.02. The highest BCUT2D eigenvalue weighted by atomic mass is 35.5. The number of aliphatic hydroxyl groups excluding tert-OH is 1. The van der Waals surface area contributed by atoms with Gasteiger partial charge in [-0.05, 0) is 12.5 Å². The van der Waals surface area contributed by atoms with Crippen molar-refractivity contribution in [2.45, 2.75) is 25.5 Å². The summed E-state index contributed by atoms with van der Waals surface area (Å²) in [6, 6.07) is 1.02. The maximum absolute atomic E-state index is 13.9. The van der Waals surface area contributed by atoms with Crippen LogP contribution in [-0.4, -0.2) is 30.4 Å². The second-order valence-corrected chi connectivity index (χ2v) is 5.08. The van der Waals surface area contributed by atoms with Crippen LogP contribution in [0.3, 0.4) is 0 Å². The highest BCUT2D eigenvalue weighted by Crippen LogP contribution is 2.26. The van der Waals surface area contributed by atoms with Crippen LogP contribution in [0.25, 0.3) is 5.82 Å². The molecule has 1 atom stereocenters. The van der Waals surface area contributed by atoms with Gasteiger partial charge >= 0.3 is 5.69 Å². The molecule has 1 aliphatic heterocycles. The monoisotopic (exact) mass is 299 g/mol. The number of imidazole rings is 1. The minimum absolute atomic E-state index is 0.0955. The van der Waals surface area contributed by atoms with Crippen LogP contribution < -0.4 is 5.69 Å². The molecule has 0 aliphatic carbocycles. The summed E-state index contributed by atoms with van der Waals surface area (Å²) in [6.07, 6.45) is 1.12. The molecule has 3 heterocycles. The van der Waals surface area contributed by atoms with Gasteiger partial charge in [0.15, 0.2) is 11.6 Å². The third-order valence-electron chi connectivity index (χ3n) is 3.33. The van der Waals surface area contributed by atoms with Crippen LogP contribution in [0, 0.1) is 5.82 Å². The van der Waals surface area contributed by atoms with Gasteiger partial charge in [0.05, 0.1) is 16.8 Å². The van der Waals surface area contributed by atoms with E-state index >= 15 is 0 Å². The predicted octanol–water partition coefficient (Wildman–Crippen LogP) is 0.839. The predicted molar refractivity (Wildman–Crippen MR) is 68.8 cm³/mol. The number of hydrogen-bond acceptors (Lipinski definition) is 4. The molecule has 0 aromatic carbocycles. The largest absolute Gasteiger partial charge is 0.493 e. The number of nitrogens with zero attached hydrogens (tertiary/aromatic N) is 3. The first-order valence-corrected chi connectivity index (χ1v) is 6.39. The molecule has 0 amide bonds. The fourth-order valence-corrected chi connectivity index (χ4v) is 2.52. The van der Waals surface area contributed by atoms with Crippen molar-refractivity contribution < 1.29 is 14.6 Å². The first kappa shape index (κ1) is 13.1. The van der Waals surface area contributed by atoms with E-state index in [1.165, 1.54) is 10.8 Å². The summed E-state index contributed by atoms with van der Waals surface area (Å²) in [6.45, 7) is 0.269. The molecule has 2 N–H and O–H groups in total. The SMILES string of the molecule is O=c1n2c(c(O)n1-c1ncc(Cl)cc1F)CC(O)CC2. The summed E-state index contributed by atoms with van der Waals surface area (Å²) in [5, 5.41) is 19.8. The molecule has 1 unspecified atom stereocenters. The van der Waals surface area contributed by atoms with Crippen molar-refractivity contribution in [3.63, 3.8) is 0 Å². The summed E-state index contributed by atoms with van der Waals surface area (Å²) in [5.74, 6) is -1.52. The number of aromatic nitrogens is 3. The average Bonchev–Trinajstić information content (AvgIpc) is 2.63. The van der Waals surface area contributed by atoms with Crippen LogP contribution in [0.5, 0.6) is 5.88 Å². The molecule has 0 saturated carbocycles. The van der Waals surface area contributed by atoms with Gasteiger partial charge < -0.3 is 10.2 Å². The third kappa shape index (κ3) is 1.90. The van der Waals surface area contributed by atoms with Crippen molar-refractivity contribution in [3.8, 4) is 11.7 Å². The summed E-state index contributed by atoms with van der Waals surface area (Å²) in [7, 11) is 0. The molecule has 0 saturated heterocycles. The van der Waals surface area contributed by atoms with Gasteiger partial charge in [0.25, 0.3) is 0 Å². The van der Waals surface area contributed by atoms with Crippen LogP contribution >= 0.6 is 11.6 Å². The average molecular weight is 300 g/mol. The second-order valence-electron chi connectivity index (χ2n) is 4.65. The van der Waals surface area contributed by atoms with Crippen LogP contribution in [0.15, 0.2) is 17.1 Å². The fraction of sp³-hybridized carbons (Fsp3) is 0.333. The van der Waals surface area contributed by atoms with E-state index in [-0.39, 0.29) is 29.5 Å². The van der Waals surface area contributed by atoms with Crippen LogP contribution in [0.2, 0.25) is 5.02 Å². The van der Waals surface area contributed by atoms with Gasteiger partial charge in [-0.1, -0.05) is 11.6 Å². The maximum atomic E-state index is 13.9. The van der Waals surface area contributed by atoms with Gasteiger partial charge in [-0.25, -0.2) is 18.7 Å². The molecule has 20 heavy (non-hydrogen) atoms. The molecular weight excluding hydrogens is 289 g/mol. The minimum atomic E-state index is -0.807. The van der Waals surface area contributed by atoms with Gasteiger partial charge in [0.1, 0.15) is 0 Å². The number of fused-ring (bicyclic) bond motifs is 1. The zero-order chi connectivity index (χ0) is 14.4. The molecule has 0 radical (unpaired) electrons. The Morgan fingerprint density at radius 3 is 2.95 bits per heavy atom. The molecular formula is C12H11ClFN3O3. The number of aliphatic hydroxyl groups is 1. The molecule has 6 nitrogen and oxygen atoms in total. The Hall–Kier alpha value is -1.86. The highest BCUT2D eigenvalue weighted by Gasteiger charge is 2.28. The number of hydrogen-bond donors (Lipinski definition) is 2. The lowest BCUT2D eigenvalue weighted by molar-refractivity contribution is 0.141. The Balaban J connectivity index is 2.23. The summed E-state index contributed by atoms with van der Waals surface area (Å²) >= 11 is 5.61. The van der Waals surface area contributed by atoms with E-state index in [0.29, 0.717) is 6.42 Å². The lowest BCUT2D eigenvalue weighted by Gasteiger charge is -2.18. The molecule has 106 valence electrons. The lowest BCUT2D eigenvalue weighted by atomic mass is 10.1. The van der Waals surface area contributed by atoms with Crippen molar-refractivity contribution in [2.24, 2.45) is 0 Å². The molecule has 0 fully saturated rings. The molecule has 0 spiro atoms. The molecule has 3 rings (SSSR count). The van der Waals surface area contributed by atoms with Crippen LogP contribution in [0.1, 0.15) is 12.1 Å². The van der Waals surface area contributed by atoms with Gasteiger partial charge in [0, 0.05) is 19.2 Å². The lowest BCUT2D eigenvalue weighted by Crippen LogP contribution is -2.30. The van der Waals surface area contributed by atoms with E-state index in [2.05, 4.69) is 4.98 Å². The number of pyridine rings is 1. The summed E-state index contributed by atoms with van der Waals surface area (Å²) in [4.78, 5) is 16.0. The normalized spacial score (nSPS) is 18.1. The minimum Gasteiger partial charge on any atom is -0.493 e. The van der Waals surface area contributed by atoms with Gasteiger partial charge in [-0.2, -0.15) is 0 Å². The van der Waals surface area contributed by atoms with Gasteiger partial charge in [0.2, 0.25) is 5.88 Å². The molecule has 1 aliphatic rings. The van der Waals surface area contributed by atoms with E-state index < -0.39 is 23.5 Å².